The first-order chi connectivity index (χ1) is 6.77. The van der Waals surface area contributed by atoms with Gasteiger partial charge in [0.1, 0.15) is 5.78 Å². The molecule has 1 saturated heterocycles. The Bertz CT molecular complexity index is 208. The second kappa shape index (κ2) is 4.43. The molecule has 0 spiro atoms. The van der Waals surface area contributed by atoms with E-state index >= 15 is 0 Å². The average Bonchev–Trinajstić information content (AvgIpc) is 2.77. The number of nitrogens with zero attached hydrogens (tertiary/aromatic N) is 1. The van der Waals surface area contributed by atoms with Crippen LogP contribution in [-0.4, -0.2) is 29.8 Å². The Morgan fingerprint density at radius 3 is 2.50 bits per heavy atom. The summed E-state index contributed by atoms with van der Waals surface area (Å²) in [6.07, 6.45) is 7.40. The highest BCUT2D eigenvalue weighted by atomic mass is 16.1. The molecule has 2 heteroatoms. The Balaban J connectivity index is 1.81. The van der Waals surface area contributed by atoms with Crippen molar-refractivity contribution in [2.24, 2.45) is 5.92 Å². The van der Waals surface area contributed by atoms with Crippen LogP contribution in [0.25, 0.3) is 0 Å². The van der Waals surface area contributed by atoms with Gasteiger partial charge >= 0.3 is 0 Å². The van der Waals surface area contributed by atoms with Crippen LogP contribution in [0.3, 0.4) is 0 Å². The van der Waals surface area contributed by atoms with Gasteiger partial charge in [0.25, 0.3) is 0 Å². The molecule has 0 radical (unpaired) electrons. The molecule has 0 aromatic carbocycles. The first kappa shape index (κ1) is 10.2. The van der Waals surface area contributed by atoms with Crippen LogP contribution < -0.4 is 0 Å². The molecule has 14 heavy (non-hydrogen) atoms. The zero-order valence-electron chi connectivity index (χ0n) is 9.17. The third-order valence-corrected chi connectivity index (χ3v) is 3.86. The van der Waals surface area contributed by atoms with Crippen LogP contribution >= 0.6 is 0 Å². The maximum Gasteiger partial charge on any atom is 0.149 e. The molecule has 2 fully saturated rings. The Morgan fingerprint density at radius 1 is 1.21 bits per heavy atom. The van der Waals surface area contributed by atoms with Gasteiger partial charge in [-0.1, -0.05) is 12.8 Å². The van der Waals surface area contributed by atoms with Gasteiger partial charge in [-0.05, 0) is 39.2 Å². The summed E-state index contributed by atoms with van der Waals surface area (Å²) in [5.41, 5.74) is 0. The van der Waals surface area contributed by atoms with Gasteiger partial charge < -0.3 is 0 Å². The molecule has 0 N–H and O–H groups in total. The van der Waals surface area contributed by atoms with Gasteiger partial charge in [-0.25, -0.2) is 0 Å². The normalized spacial score (nSPS) is 29.9. The van der Waals surface area contributed by atoms with Gasteiger partial charge in [-0.2, -0.15) is 0 Å². The van der Waals surface area contributed by atoms with E-state index in [1.165, 1.54) is 25.7 Å². The Kier molecular flexibility index (Phi) is 3.22. The molecule has 1 unspecified atom stereocenters. The zero-order chi connectivity index (χ0) is 9.97. The summed E-state index contributed by atoms with van der Waals surface area (Å²) in [4.78, 5) is 14.3. The molecule has 1 aliphatic heterocycles. The lowest BCUT2D eigenvalue weighted by Crippen LogP contribution is -2.34. The second-order valence-corrected chi connectivity index (χ2v) is 4.91. The quantitative estimate of drug-likeness (QED) is 0.688. The molecule has 2 nitrogen and oxygen atoms in total. The lowest BCUT2D eigenvalue weighted by Gasteiger charge is -2.21. The van der Waals surface area contributed by atoms with Gasteiger partial charge in [-0.3, -0.25) is 9.69 Å². The summed E-state index contributed by atoms with van der Waals surface area (Å²) in [6, 6.07) is 0.639. The van der Waals surface area contributed by atoms with Crippen LogP contribution in [-0.2, 0) is 4.79 Å². The fraction of sp³-hybridized carbons (Fsp3) is 0.917. The van der Waals surface area contributed by atoms with Gasteiger partial charge in [0, 0.05) is 12.0 Å². The smallest absolute Gasteiger partial charge is 0.149 e. The molecule has 0 amide bonds. The molecule has 2 aliphatic rings. The highest BCUT2D eigenvalue weighted by molar-refractivity contribution is 5.83. The number of carbonyl (C=O) groups excluding carboxylic acids is 1. The molecule has 1 heterocycles. The minimum atomic E-state index is 0.405. The van der Waals surface area contributed by atoms with E-state index < -0.39 is 0 Å². The van der Waals surface area contributed by atoms with E-state index in [9.17, 15) is 4.79 Å². The van der Waals surface area contributed by atoms with Crippen LogP contribution in [0.5, 0.6) is 0 Å². The van der Waals surface area contributed by atoms with Crippen LogP contribution in [0.15, 0.2) is 0 Å². The Hall–Kier alpha value is -0.370. The van der Waals surface area contributed by atoms with Crippen LogP contribution in [0.4, 0.5) is 0 Å². The van der Waals surface area contributed by atoms with Crippen molar-refractivity contribution in [2.45, 2.75) is 51.5 Å². The molecular formula is C12H21NO. The van der Waals surface area contributed by atoms with Gasteiger partial charge in [0.05, 0.1) is 6.54 Å². The third kappa shape index (κ3) is 2.17. The van der Waals surface area contributed by atoms with Crippen molar-refractivity contribution in [3.63, 3.8) is 0 Å². The maximum absolute atomic E-state index is 11.9. The van der Waals surface area contributed by atoms with Crippen LogP contribution in [0, 0.1) is 5.92 Å². The van der Waals surface area contributed by atoms with Crippen molar-refractivity contribution in [1.29, 1.82) is 0 Å². The molecule has 1 saturated carbocycles. The summed E-state index contributed by atoms with van der Waals surface area (Å²) in [6.45, 7) is 4.11. The molecule has 80 valence electrons. The standard InChI is InChI=1S/C12H21NO/c1-10-5-4-8-13(10)9-12(14)11-6-2-3-7-11/h10-11H,2-9H2,1H3. The number of hydrogen-bond donors (Lipinski definition) is 0. The number of ketones is 1. The van der Waals surface area contributed by atoms with Crippen molar-refractivity contribution in [1.82, 2.24) is 4.90 Å². The van der Waals surface area contributed by atoms with Gasteiger partial charge in [0.15, 0.2) is 0 Å². The van der Waals surface area contributed by atoms with E-state index in [0.29, 0.717) is 17.7 Å². The van der Waals surface area contributed by atoms with Crippen molar-refractivity contribution < 1.29 is 4.79 Å². The summed E-state index contributed by atoms with van der Waals surface area (Å²) >= 11 is 0. The van der Waals surface area contributed by atoms with E-state index in [2.05, 4.69) is 11.8 Å². The molecule has 1 aliphatic carbocycles. The second-order valence-electron chi connectivity index (χ2n) is 4.91. The summed E-state index contributed by atoms with van der Waals surface area (Å²) in [7, 11) is 0. The number of Topliss-reactive ketones (excluding diaryl/α,β-unsaturated/α-hetero) is 1. The number of likely N-dealkylation sites (tertiary alicyclic amines) is 1. The highest BCUT2D eigenvalue weighted by Crippen LogP contribution is 2.26. The van der Waals surface area contributed by atoms with Gasteiger partial charge in [-0.15, -0.1) is 0 Å². The monoisotopic (exact) mass is 195 g/mol. The Morgan fingerprint density at radius 2 is 1.93 bits per heavy atom. The van der Waals surface area contributed by atoms with Crippen molar-refractivity contribution in [3.05, 3.63) is 0 Å². The number of hydrogen-bond acceptors (Lipinski definition) is 2. The first-order valence-electron chi connectivity index (χ1n) is 6.04. The van der Waals surface area contributed by atoms with E-state index in [0.717, 1.165) is 25.9 Å². The minimum absolute atomic E-state index is 0.405. The summed E-state index contributed by atoms with van der Waals surface area (Å²) in [5, 5.41) is 0. The van der Waals surface area contributed by atoms with E-state index in [1.54, 1.807) is 0 Å². The van der Waals surface area contributed by atoms with E-state index in [4.69, 9.17) is 0 Å². The predicted octanol–water partition coefficient (Wildman–Crippen LogP) is 2.23. The fourth-order valence-corrected chi connectivity index (χ4v) is 2.80. The molecule has 1 atom stereocenters. The molecule has 0 aromatic heterocycles. The zero-order valence-corrected chi connectivity index (χ0v) is 9.17. The van der Waals surface area contributed by atoms with E-state index in [1.807, 2.05) is 0 Å². The summed E-state index contributed by atoms with van der Waals surface area (Å²) in [5.74, 6) is 0.916. The van der Waals surface area contributed by atoms with Gasteiger partial charge in [0.2, 0.25) is 0 Å². The largest absolute Gasteiger partial charge is 0.298 e. The van der Waals surface area contributed by atoms with Crippen molar-refractivity contribution >= 4 is 5.78 Å². The molecule has 2 rings (SSSR count). The summed E-state index contributed by atoms with van der Waals surface area (Å²) < 4.78 is 0. The molecule has 0 aromatic rings. The fourth-order valence-electron chi connectivity index (χ4n) is 2.80. The van der Waals surface area contributed by atoms with Crippen molar-refractivity contribution in [2.75, 3.05) is 13.1 Å². The Labute approximate surface area is 86.7 Å². The predicted molar refractivity (Wildman–Crippen MR) is 57.2 cm³/mol. The van der Waals surface area contributed by atoms with E-state index in [-0.39, 0.29) is 0 Å². The first-order valence-corrected chi connectivity index (χ1v) is 6.04. The maximum atomic E-state index is 11.9. The number of carbonyl (C=O) groups is 1. The third-order valence-electron chi connectivity index (χ3n) is 3.86. The minimum Gasteiger partial charge on any atom is -0.298 e. The molecule has 0 bridgehead atoms. The highest BCUT2D eigenvalue weighted by Gasteiger charge is 2.27. The lowest BCUT2D eigenvalue weighted by atomic mass is 10.0. The van der Waals surface area contributed by atoms with Crippen LogP contribution in [0.1, 0.15) is 45.4 Å². The average molecular weight is 195 g/mol. The topological polar surface area (TPSA) is 20.3 Å². The number of rotatable bonds is 3. The van der Waals surface area contributed by atoms with Crippen LogP contribution in [0.2, 0.25) is 0 Å². The SMILES string of the molecule is CC1CCCN1CC(=O)C1CCCC1. The van der Waals surface area contributed by atoms with Crippen molar-refractivity contribution in [3.8, 4) is 0 Å². The lowest BCUT2D eigenvalue weighted by molar-refractivity contribution is -0.124. The molecular weight excluding hydrogens is 174 g/mol.